The number of Topliss-reactive ketones (excluding diaryl/α,β-unsaturated/α-hetero) is 2. The third kappa shape index (κ3) is 12.8. The molecule has 8 rings (SSSR count). The molecule has 0 aliphatic rings. The zero-order valence-electron chi connectivity index (χ0n) is 39.3. The van der Waals surface area contributed by atoms with Gasteiger partial charge < -0.3 is 30.0 Å². The van der Waals surface area contributed by atoms with E-state index in [0.29, 0.717) is 86.2 Å². The van der Waals surface area contributed by atoms with Crippen LogP contribution in [0.5, 0.6) is 34.5 Å². The molecule has 0 spiro atoms. The van der Waals surface area contributed by atoms with Crippen LogP contribution in [0.3, 0.4) is 0 Å². The quantitative estimate of drug-likeness (QED) is 0.0596. The van der Waals surface area contributed by atoms with E-state index in [2.05, 4.69) is 20.6 Å². The number of nitrogens with zero attached hydrogens (tertiary/aromatic N) is 4. The maximum Gasteiger partial charge on any atom is 0.390 e. The number of anilines is 2. The minimum Gasteiger partial charge on any atom is -0.508 e. The second kappa shape index (κ2) is 21.7. The number of ether oxygens (including phenoxy) is 3. The van der Waals surface area contributed by atoms with Crippen molar-refractivity contribution in [3.05, 3.63) is 144 Å². The fourth-order valence-corrected chi connectivity index (χ4v) is 7.74. The van der Waals surface area contributed by atoms with Crippen molar-refractivity contribution in [3.63, 3.8) is 0 Å². The Morgan fingerprint density at radius 1 is 0.577 bits per heavy atom. The maximum absolute atomic E-state index is 12.8. The number of phenols is 1. The Morgan fingerprint density at radius 3 is 1.42 bits per heavy atom. The first-order valence-corrected chi connectivity index (χ1v) is 22.5. The molecule has 2 aromatic heterocycles. The van der Waals surface area contributed by atoms with E-state index in [1.807, 2.05) is 43.5 Å². The van der Waals surface area contributed by atoms with Crippen molar-refractivity contribution in [2.24, 2.45) is 0 Å². The molecule has 3 N–H and O–H groups in total. The zero-order valence-corrected chi connectivity index (χ0v) is 39.3. The molecule has 0 aliphatic carbocycles. The number of aromatic hydroxyl groups is 1. The predicted octanol–water partition coefficient (Wildman–Crippen LogP) is 13.9. The molecular formula is C53H50F6N6O6. The van der Waals surface area contributed by atoms with Crippen LogP contribution < -0.4 is 24.8 Å². The van der Waals surface area contributed by atoms with Gasteiger partial charge in [0.1, 0.15) is 58.2 Å². The lowest BCUT2D eigenvalue weighted by Crippen LogP contribution is -2.14. The number of carbonyl (C=O) groups excluding carboxylic acids is 2. The highest BCUT2D eigenvalue weighted by Crippen LogP contribution is 2.36. The van der Waals surface area contributed by atoms with Gasteiger partial charge in [0.2, 0.25) is 0 Å². The summed E-state index contributed by atoms with van der Waals surface area (Å²) in [7, 11) is 1.55. The SMILES string of the molecule is CCC(=O)c1ccc(-n2cnc3c(NCCC(F)(F)F)cc(Oc4cccc(O)c4)cc32)cc1C.CCC(=O)c1ccc(-n2cnc3c(NCCC(F)(F)F)cc(Oc4cccc(OC)c4)cc32)cc1C. The fourth-order valence-electron chi connectivity index (χ4n) is 7.74. The normalized spacial score (nSPS) is 11.5. The number of hydrogen-bond donors (Lipinski definition) is 3. The number of rotatable bonds is 17. The van der Waals surface area contributed by atoms with Gasteiger partial charge in [0, 0.05) is 84.8 Å². The summed E-state index contributed by atoms with van der Waals surface area (Å²) in [4.78, 5) is 33.2. The summed E-state index contributed by atoms with van der Waals surface area (Å²) >= 11 is 0. The minimum atomic E-state index is -4.30. The van der Waals surface area contributed by atoms with Crippen molar-refractivity contribution in [1.29, 1.82) is 0 Å². The molecule has 6 aromatic carbocycles. The van der Waals surface area contributed by atoms with Crippen LogP contribution in [-0.4, -0.2) is 68.3 Å². The van der Waals surface area contributed by atoms with Crippen molar-refractivity contribution in [3.8, 4) is 45.9 Å². The van der Waals surface area contributed by atoms with Gasteiger partial charge in [0.15, 0.2) is 11.6 Å². The number of halogens is 6. The second-order valence-corrected chi connectivity index (χ2v) is 16.4. The van der Waals surface area contributed by atoms with E-state index in [1.165, 1.54) is 12.1 Å². The summed E-state index contributed by atoms with van der Waals surface area (Å²) in [6.45, 7) is 6.71. The zero-order chi connectivity index (χ0) is 51.0. The van der Waals surface area contributed by atoms with Crippen molar-refractivity contribution in [2.45, 2.75) is 65.7 Å². The smallest absolute Gasteiger partial charge is 0.390 e. The van der Waals surface area contributed by atoms with Crippen LogP contribution in [0.4, 0.5) is 37.7 Å². The molecule has 370 valence electrons. The van der Waals surface area contributed by atoms with Gasteiger partial charge in [-0.1, -0.05) is 26.0 Å². The molecule has 8 aromatic rings. The summed E-state index contributed by atoms with van der Waals surface area (Å²) in [5.74, 6) is 2.39. The molecule has 0 atom stereocenters. The number of aryl methyl sites for hydroxylation is 2. The molecule has 71 heavy (non-hydrogen) atoms. The number of imidazole rings is 2. The Labute approximate surface area is 404 Å². The molecule has 0 unspecified atom stereocenters. The van der Waals surface area contributed by atoms with Gasteiger partial charge >= 0.3 is 12.4 Å². The van der Waals surface area contributed by atoms with E-state index in [4.69, 9.17) is 14.2 Å². The van der Waals surface area contributed by atoms with E-state index in [0.717, 1.165) is 22.5 Å². The van der Waals surface area contributed by atoms with Crippen LogP contribution in [0.25, 0.3) is 33.4 Å². The molecular weight excluding hydrogens is 931 g/mol. The second-order valence-electron chi connectivity index (χ2n) is 16.4. The number of ketones is 2. The average molecular weight is 981 g/mol. The van der Waals surface area contributed by atoms with Gasteiger partial charge in [-0.15, -0.1) is 0 Å². The first-order valence-electron chi connectivity index (χ1n) is 22.5. The van der Waals surface area contributed by atoms with Gasteiger partial charge in [0.25, 0.3) is 0 Å². The first kappa shape index (κ1) is 50.8. The highest BCUT2D eigenvalue weighted by Gasteiger charge is 2.28. The summed E-state index contributed by atoms with van der Waals surface area (Å²) in [5, 5.41) is 15.4. The highest BCUT2D eigenvalue weighted by molar-refractivity contribution is 5.98. The molecule has 0 bridgehead atoms. The monoisotopic (exact) mass is 980 g/mol. The Bertz CT molecular complexity index is 3200. The number of aromatic nitrogens is 4. The number of hydrogen-bond acceptors (Lipinski definition) is 10. The number of carbonyl (C=O) groups is 2. The number of methoxy groups -OCH3 is 1. The summed E-state index contributed by atoms with van der Waals surface area (Å²) in [6, 6.07) is 30.9. The lowest BCUT2D eigenvalue weighted by Gasteiger charge is -2.14. The van der Waals surface area contributed by atoms with Gasteiger partial charge in [-0.25, -0.2) is 9.97 Å². The lowest BCUT2D eigenvalue weighted by atomic mass is 10.0. The Balaban J connectivity index is 0.000000209. The first-order chi connectivity index (χ1) is 33.8. The third-order valence-corrected chi connectivity index (χ3v) is 11.2. The van der Waals surface area contributed by atoms with E-state index in [9.17, 15) is 41.0 Å². The fraction of sp³-hybridized carbons (Fsp3) is 0.245. The van der Waals surface area contributed by atoms with Crippen LogP contribution >= 0.6 is 0 Å². The molecule has 0 saturated heterocycles. The molecule has 0 aliphatic heterocycles. The summed E-state index contributed by atoms with van der Waals surface area (Å²) in [6.07, 6.45) is -6.57. The average Bonchev–Trinajstić information content (AvgIpc) is 3.96. The Kier molecular flexibility index (Phi) is 15.6. The van der Waals surface area contributed by atoms with E-state index in [1.54, 1.807) is 110 Å². The van der Waals surface area contributed by atoms with Crippen molar-refractivity contribution in [2.75, 3.05) is 30.8 Å². The van der Waals surface area contributed by atoms with Crippen LogP contribution in [0.1, 0.15) is 71.4 Å². The highest BCUT2D eigenvalue weighted by atomic mass is 19.4. The van der Waals surface area contributed by atoms with Crippen molar-refractivity contribution < 1.29 is 55.2 Å². The van der Waals surface area contributed by atoms with Crippen LogP contribution in [0.15, 0.2) is 122 Å². The number of alkyl halides is 6. The van der Waals surface area contributed by atoms with E-state index >= 15 is 0 Å². The number of nitrogens with one attached hydrogen (secondary N) is 2. The van der Waals surface area contributed by atoms with E-state index in [-0.39, 0.29) is 30.4 Å². The number of fused-ring (bicyclic) bond motifs is 2. The third-order valence-electron chi connectivity index (χ3n) is 11.2. The van der Waals surface area contributed by atoms with Gasteiger partial charge in [-0.05, 0) is 85.6 Å². The molecule has 12 nitrogen and oxygen atoms in total. The van der Waals surface area contributed by atoms with Gasteiger partial charge in [-0.3, -0.25) is 18.7 Å². The largest absolute Gasteiger partial charge is 0.508 e. The van der Waals surface area contributed by atoms with Crippen molar-refractivity contribution in [1.82, 2.24) is 19.1 Å². The summed E-state index contributed by atoms with van der Waals surface area (Å²) < 4.78 is 97.3. The van der Waals surface area contributed by atoms with Gasteiger partial charge in [0.05, 0.1) is 42.4 Å². The minimum absolute atomic E-state index is 0.0225. The van der Waals surface area contributed by atoms with Crippen molar-refractivity contribution >= 4 is 45.0 Å². The summed E-state index contributed by atoms with van der Waals surface area (Å²) in [5.41, 5.74) is 7.47. The molecule has 18 heteroatoms. The number of benzene rings is 6. The Morgan fingerprint density at radius 2 is 1.01 bits per heavy atom. The van der Waals surface area contributed by atoms with Crippen LogP contribution in [0.2, 0.25) is 0 Å². The maximum atomic E-state index is 12.8. The molecule has 0 saturated carbocycles. The van der Waals surface area contributed by atoms with Crippen LogP contribution in [0, 0.1) is 13.8 Å². The van der Waals surface area contributed by atoms with Gasteiger partial charge in [-0.2, -0.15) is 26.3 Å². The lowest BCUT2D eigenvalue weighted by molar-refractivity contribution is -0.132. The Hall–Kier alpha value is -8.02. The standard InChI is InChI=1S/C27H26F3N3O3.C26H24F3N3O3/c1-4-25(34)22-9-8-18(12-17(22)2)33-16-32-26-23(31-11-10-27(28,29)30)14-21(15-24(26)33)36-20-7-5-6-19(13-20)35-3;1-3-24(34)21-8-7-17(11-16(21)2)32-15-31-25-22(30-10-9-26(27,28)29)13-20(14-23(25)32)35-19-6-4-5-18(33)12-19/h5-9,12-16,31H,4,10-11H2,1-3H3;4-8,11-15,30,33H,3,9-10H2,1-2H3. The topological polar surface area (TPSA) is 142 Å². The number of phenolic OH excluding ortho intramolecular Hbond substituents is 1. The molecule has 0 amide bonds. The predicted molar refractivity (Wildman–Crippen MR) is 260 cm³/mol. The molecule has 0 radical (unpaired) electrons. The molecule has 2 heterocycles. The van der Waals surface area contributed by atoms with Crippen LogP contribution in [-0.2, 0) is 0 Å². The molecule has 0 fully saturated rings. The van der Waals surface area contributed by atoms with E-state index < -0.39 is 25.2 Å².